The molecule has 170 valence electrons. The molecule has 1 amide bonds. The van der Waals surface area contributed by atoms with Crippen molar-refractivity contribution < 1.29 is 17.6 Å². The summed E-state index contributed by atoms with van der Waals surface area (Å²) in [5.74, 6) is 0.914. The molecule has 0 atom stereocenters. The summed E-state index contributed by atoms with van der Waals surface area (Å²) in [5, 5.41) is 3.03. The van der Waals surface area contributed by atoms with E-state index in [1.807, 2.05) is 34.6 Å². The highest BCUT2D eigenvalue weighted by molar-refractivity contribution is 7.89. The molecule has 31 heavy (non-hydrogen) atoms. The Hall–Kier alpha value is -2.39. The summed E-state index contributed by atoms with van der Waals surface area (Å²) in [7, 11) is -3.60. The average molecular weight is 449 g/mol. The second-order valence-corrected chi connectivity index (χ2v) is 10.4. The molecular weight excluding hydrogens is 416 g/mol. The van der Waals surface area contributed by atoms with Gasteiger partial charge in [0.15, 0.2) is 5.76 Å². The van der Waals surface area contributed by atoms with Gasteiger partial charge in [0.2, 0.25) is 10.0 Å². The monoisotopic (exact) mass is 448 g/mol. The number of amides is 1. The van der Waals surface area contributed by atoms with Gasteiger partial charge in [-0.25, -0.2) is 13.4 Å². The van der Waals surface area contributed by atoms with Crippen LogP contribution >= 0.6 is 0 Å². The molecule has 2 aromatic heterocycles. The smallest absolute Gasteiger partial charge is 0.287 e. The molecule has 0 saturated carbocycles. The average Bonchev–Trinajstić information content (AvgIpc) is 3.14. The van der Waals surface area contributed by atoms with Gasteiger partial charge in [-0.05, 0) is 65.7 Å². The number of piperidine rings is 1. The standard InChI is InChI=1S/C22H32N4O4S/c1-15(2)26(16(3)4)31(28,29)19-6-7-20(23-14-19)25-11-8-18(9-12-25)24-22(27)21-17(5)10-13-30-21/h6-7,10,13-16,18H,8-9,11-12H2,1-5H3,(H,24,27). The SMILES string of the molecule is Cc1ccoc1C(=O)NC1CCN(c2ccc(S(=O)(=O)N(C(C)C)C(C)C)cn2)CC1. The van der Waals surface area contributed by atoms with Crippen LogP contribution in [0.2, 0.25) is 0 Å². The molecule has 0 radical (unpaired) electrons. The second kappa shape index (κ2) is 9.40. The Labute approximate surface area is 184 Å². The lowest BCUT2D eigenvalue weighted by atomic mass is 10.0. The maximum atomic E-state index is 13.0. The summed E-state index contributed by atoms with van der Waals surface area (Å²) in [5.41, 5.74) is 0.822. The minimum atomic E-state index is -3.60. The van der Waals surface area contributed by atoms with Gasteiger partial charge in [0, 0.05) is 43.0 Å². The first-order valence-corrected chi connectivity index (χ1v) is 12.1. The van der Waals surface area contributed by atoms with Gasteiger partial charge in [-0.3, -0.25) is 4.79 Å². The van der Waals surface area contributed by atoms with Crippen LogP contribution < -0.4 is 10.2 Å². The van der Waals surface area contributed by atoms with E-state index in [1.54, 1.807) is 18.2 Å². The number of aromatic nitrogens is 1. The quantitative estimate of drug-likeness (QED) is 0.699. The van der Waals surface area contributed by atoms with E-state index < -0.39 is 10.0 Å². The number of anilines is 1. The van der Waals surface area contributed by atoms with Crippen molar-refractivity contribution in [3.05, 3.63) is 42.0 Å². The fourth-order valence-corrected chi connectivity index (χ4v) is 5.87. The van der Waals surface area contributed by atoms with E-state index in [-0.39, 0.29) is 28.9 Å². The van der Waals surface area contributed by atoms with Gasteiger partial charge >= 0.3 is 0 Å². The van der Waals surface area contributed by atoms with Crippen molar-refractivity contribution in [2.45, 2.75) is 70.5 Å². The number of pyridine rings is 1. The van der Waals surface area contributed by atoms with Gasteiger partial charge in [0.25, 0.3) is 5.91 Å². The van der Waals surface area contributed by atoms with Crippen molar-refractivity contribution >= 4 is 21.7 Å². The predicted molar refractivity (Wildman–Crippen MR) is 120 cm³/mol. The van der Waals surface area contributed by atoms with E-state index in [9.17, 15) is 13.2 Å². The van der Waals surface area contributed by atoms with E-state index in [2.05, 4.69) is 15.2 Å². The highest BCUT2D eigenvalue weighted by Crippen LogP contribution is 2.24. The topological polar surface area (TPSA) is 95.8 Å². The molecule has 1 saturated heterocycles. The van der Waals surface area contributed by atoms with Crippen LogP contribution in [0.25, 0.3) is 0 Å². The Morgan fingerprint density at radius 2 is 1.81 bits per heavy atom. The molecule has 1 aliphatic rings. The van der Waals surface area contributed by atoms with Crippen molar-refractivity contribution in [3.8, 4) is 0 Å². The molecule has 0 unspecified atom stereocenters. The number of furan rings is 1. The number of hydrogen-bond acceptors (Lipinski definition) is 6. The Kier molecular flexibility index (Phi) is 7.06. The number of carbonyl (C=O) groups excluding carboxylic acids is 1. The Bertz CT molecular complexity index is 983. The molecular formula is C22H32N4O4S. The summed E-state index contributed by atoms with van der Waals surface area (Å²) in [4.78, 5) is 19.1. The molecule has 2 aromatic rings. The molecule has 1 N–H and O–H groups in total. The van der Waals surface area contributed by atoms with Gasteiger partial charge < -0.3 is 14.6 Å². The molecule has 3 rings (SSSR count). The first kappa shape index (κ1) is 23.3. The summed E-state index contributed by atoms with van der Waals surface area (Å²) < 4.78 is 32.7. The third-order valence-electron chi connectivity index (χ3n) is 5.54. The van der Waals surface area contributed by atoms with Crippen molar-refractivity contribution in [3.63, 3.8) is 0 Å². The zero-order chi connectivity index (χ0) is 22.8. The molecule has 0 aromatic carbocycles. The number of hydrogen-bond donors (Lipinski definition) is 1. The lowest BCUT2D eigenvalue weighted by Crippen LogP contribution is -2.45. The van der Waals surface area contributed by atoms with Crippen molar-refractivity contribution in [2.24, 2.45) is 0 Å². The van der Waals surface area contributed by atoms with Crippen molar-refractivity contribution in [1.82, 2.24) is 14.6 Å². The third kappa shape index (κ3) is 5.10. The van der Waals surface area contributed by atoms with Crippen LogP contribution in [0, 0.1) is 6.92 Å². The number of sulfonamides is 1. The first-order valence-electron chi connectivity index (χ1n) is 10.7. The Balaban J connectivity index is 1.61. The van der Waals surface area contributed by atoms with Crippen LogP contribution in [0.15, 0.2) is 40.0 Å². The molecule has 3 heterocycles. The van der Waals surface area contributed by atoms with Crippen LogP contribution in [0.3, 0.4) is 0 Å². The third-order valence-corrected chi connectivity index (χ3v) is 7.77. The maximum absolute atomic E-state index is 13.0. The van der Waals surface area contributed by atoms with E-state index in [4.69, 9.17) is 4.42 Å². The highest BCUT2D eigenvalue weighted by atomic mass is 32.2. The lowest BCUT2D eigenvalue weighted by Gasteiger charge is -2.33. The molecule has 8 nitrogen and oxygen atoms in total. The zero-order valence-corrected chi connectivity index (χ0v) is 19.6. The van der Waals surface area contributed by atoms with Crippen LogP contribution in [0.1, 0.15) is 56.7 Å². The molecule has 0 bridgehead atoms. The van der Waals surface area contributed by atoms with E-state index in [1.165, 1.54) is 16.8 Å². The normalized spacial score (nSPS) is 15.8. The van der Waals surface area contributed by atoms with Gasteiger partial charge in [-0.1, -0.05) is 0 Å². The fourth-order valence-electron chi connectivity index (χ4n) is 4.09. The Morgan fingerprint density at radius 3 is 2.29 bits per heavy atom. The van der Waals surface area contributed by atoms with E-state index in [0.717, 1.165) is 37.3 Å². The van der Waals surface area contributed by atoms with Gasteiger partial charge in [0.1, 0.15) is 10.7 Å². The number of aryl methyl sites for hydroxylation is 1. The molecule has 0 spiro atoms. The number of carbonyl (C=O) groups is 1. The lowest BCUT2D eigenvalue weighted by molar-refractivity contribution is 0.0902. The highest BCUT2D eigenvalue weighted by Gasteiger charge is 2.30. The minimum absolute atomic E-state index is 0.0681. The second-order valence-electron chi connectivity index (χ2n) is 8.54. The number of rotatable bonds is 7. The summed E-state index contributed by atoms with van der Waals surface area (Å²) >= 11 is 0. The van der Waals surface area contributed by atoms with Crippen LogP contribution in [-0.4, -0.2) is 54.8 Å². The summed E-state index contributed by atoms with van der Waals surface area (Å²) in [6, 6.07) is 4.96. The first-order chi connectivity index (χ1) is 14.6. The largest absolute Gasteiger partial charge is 0.459 e. The van der Waals surface area contributed by atoms with E-state index >= 15 is 0 Å². The van der Waals surface area contributed by atoms with Crippen molar-refractivity contribution in [1.29, 1.82) is 0 Å². The minimum Gasteiger partial charge on any atom is -0.459 e. The molecule has 0 aliphatic carbocycles. The fraction of sp³-hybridized carbons (Fsp3) is 0.545. The van der Waals surface area contributed by atoms with Gasteiger partial charge in [-0.2, -0.15) is 4.31 Å². The maximum Gasteiger partial charge on any atom is 0.287 e. The van der Waals surface area contributed by atoms with Crippen LogP contribution in [-0.2, 0) is 10.0 Å². The molecule has 1 fully saturated rings. The zero-order valence-electron chi connectivity index (χ0n) is 18.8. The Morgan fingerprint density at radius 1 is 1.16 bits per heavy atom. The molecule has 9 heteroatoms. The summed E-state index contributed by atoms with van der Waals surface area (Å²) in [6.45, 7) is 10.8. The van der Waals surface area contributed by atoms with Crippen molar-refractivity contribution in [2.75, 3.05) is 18.0 Å². The predicted octanol–water partition coefficient (Wildman–Crippen LogP) is 3.19. The van der Waals surface area contributed by atoms with Gasteiger partial charge in [0.05, 0.1) is 6.26 Å². The van der Waals surface area contributed by atoms with Crippen LogP contribution in [0.5, 0.6) is 0 Å². The molecule has 1 aliphatic heterocycles. The van der Waals surface area contributed by atoms with Gasteiger partial charge in [-0.15, -0.1) is 0 Å². The number of nitrogens with zero attached hydrogens (tertiary/aromatic N) is 3. The summed E-state index contributed by atoms with van der Waals surface area (Å²) in [6.07, 6.45) is 4.52. The van der Waals surface area contributed by atoms with E-state index in [0.29, 0.717) is 5.76 Å². The van der Waals surface area contributed by atoms with Crippen LogP contribution in [0.4, 0.5) is 5.82 Å². The number of nitrogens with one attached hydrogen (secondary N) is 1.